The Labute approximate surface area is 109 Å². The fraction of sp³-hybridized carbons (Fsp3) is 0.500. The van der Waals surface area contributed by atoms with Gasteiger partial charge >= 0.3 is 0 Å². The van der Waals surface area contributed by atoms with Crippen molar-refractivity contribution in [1.82, 2.24) is 19.9 Å². The predicted octanol–water partition coefficient (Wildman–Crippen LogP) is 2.52. The van der Waals surface area contributed by atoms with E-state index in [-0.39, 0.29) is 0 Å². The molecule has 1 aliphatic carbocycles. The van der Waals surface area contributed by atoms with Gasteiger partial charge in [0.15, 0.2) is 11.5 Å². The Kier molecular flexibility index (Phi) is 3.11. The van der Waals surface area contributed by atoms with Crippen molar-refractivity contribution < 1.29 is 0 Å². The summed E-state index contributed by atoms with van der Waals surface area (Å²) in [5.74, 6) is 0.972. The van der Waals surface area contributed by atoms with Gasteiger partial charge in [0.2, 0.25) is 0 Å². The van der Waals surface area contributed by atoms with Crippen LogP contribution in [0.3, 0.4) is 0 Å². The topological polar surface area (TPSA) is 42.2 Å². The van der Waals surface area contributed by atoms with Crippen LogP contribution in [0, 0.1) is 0 Å². The van der Waals surface area contributed by atoms with Gasteiger partial charge in [-0.2, -0.15) is 0 Å². The maximum atomic E-state index is 4.24. The van der Waals surface area contributed by atoms with Crippen LogP contribution in [0.4, 0.5) is 0 Å². The van der Waals surface area contributed by atoms with Gasteiger partial charge in [0.1, 0.15) is 0 Å². The molecule has 0 radical (unpaired) electrons. The molecule has 5 heteroatoms. The zero-order valence-corrected chi connectivity index (χ0v) is 11.2. The molecule has 1 aliphatic rings. The number of fused-ring (bicyclic) bond motifs is 1. The molecule has 0 spiro atoms. The molecular weight excluding hydrogens is 280 g/mol. The zero-order valence-electron chi connectivity index (χ0n) is 9.56. The summed E-state index contributed by atoms with van der Waals surface area (Å²) in [6, 6.07) is 6.61. The first-order valence-electron chi connectivity index (χ1n) is 6.06. The van der Waals surface area contributed by atoms with Crippen LogP contribution in [0.2, 0.25) is 0 Å². The molecule has 0 aromatic carbocycles. The molecule has 0 bridgehead atoms. The number of halogens is 1. The Morgan fingerprint density at radius 3 is 2.94 bits per heavy atom. The summed E-state index contributed by atoms with van der Waals surface area (Å²) in [5.41, 5.74) is 0.891. The summed E-state index contributed by atoms with van der Waals surface area (Å²) < 4.78 is 3.05. The van der Waals surface area contributed by atoms with Gasteiger partial charge in [-0.25, -0.2) is 0 Å². The summed E-state index contributed by atoms with van der Waals surface area (Å²) in [6.45, 7) is 0.786. The van der Waals surface area contributed by atoms with Gasteiger partial charge in [-0.3, -0.25) is 4.40 Å². The summed E-state index contributed by atoms with van der Waals surface area (Å²) >= 11 is 3.54. The average molecular weight is 295 g/mol. The summed E-state index contributed by atoms with van der Waals surface area (Å²) in [4.78, 5) is 0. The van der Waals surface area contributed by atoms with E-state index in [1.165, 1.54) is 25.7 Å². The predicted molar refractivity (Wildman–Crippen MR) is 69.8 cm³/mol. The largest absolute Gasteiger partial charge is 0.307 e. The minimum atomic E-state index is 0.657. The van der Waals surface area contributed by atoms with E-state index in [0.29, 0.717) is 6.04 Å². The lowest BCUT2D eigenvalue weighted by Gasteiger charge is -2.10. The van der Waals surface area contributed by atoms with Gasteiger partial charge in [-0.15, -0.1) is 10.2 Å². The van der Waals surface area contributed by atoms with Crippen molar-refractivity contribution in [1.29, 1.82) is 0 Å². The van der Waals surface area contributed by atoms with E-state index in [2.05, 4.69) is 31.4 Å². The van der Waals surface area contributed by atoms with Crippen molar-refractivity contribution in [2.24, 2.45) is 0 Å². The van der Waals surface area contributed by atoms with Crippen molar-refractivity contribution in [2.75, 3.05) is 0 Å². The summed E-state index contributed by atoms with van der Waals surface area (Å²) in [5, 5.41) is 12.0. The van der Waals surface area contributed by atoms with Crippen LogP contribution in [-0.4, -0.2) is 20.6 Å². The summed E-state index contributed by atoms with van der Waals surface area (Å²) in [6.07, 6.45) is 5.28. The molecule has 4 nitrogen and oxygen atoms in total. The van der Waals surface area contributed by atoms with Crippen LogP contribution in [0.15, 0.2) is 22.8 Å². The molecule has 0 atom stereocenters. The van der Waals surface area contributed by atoms with Crippen LogP contribution in [0.25, 0.3) is 5.65 Å². The molecule has 90 valence electrons. The molecule has 17 heavy (non-hydrogen) atoms. The van der Waals surface area contributed by atoms with Crippen molar-refractivity contribution in [3.63, 3.8) is 0 Å². The van der Waals surface area contributed by atoms with E-state index >= 15 is 0 Å². The minimum absolute atomic E-state index is 0.657. The Balaban J connectivity index is 1.80. The number of aromatic nitrogens is 3. The number of rotatable bonds is 3. The van der Waals surface area contributed by atoms with Crippen LogP contribution in [0.5, 0.6) is 0 Å². The first-order chi connectivity index (χ1) is 8.34. The Hall–Kier alpha value is -0.940. The van der Waals surface area contributed by atoms with E-state index in [4.69, 9.17) is 0 Å². The highest BCUT2D eigenvalue weighted by atomic mass is 79.9. The van der Waals surface area contributed by atoms with E-state index in [9.17, 15) is 0 Å². The molecule has 0 unspecified atom stereocenters. The van der Waals surface area contributed by atoms with Crippen molar-refractivity contribution in [2.45, 2.75) is 38.3 Å². The summed E-state index contributed by atoms with van der Waals surface area (Å²) in [7, 11) is 0. The van der Waals surface area contributed by atoms with Crippen LogP contribution in [-0.2, 0) is 6.54 Å². The number of nitrogens with one attached hydrogen (secondary N) is 1. The van der Waals surface area contributed by atoms with Crippen molar-refractivity contribution >= 4 is 21.6 Å². The SMILES string of the molecule is Brc1cccc2nnc(CNC3CCCC3)n12. The first-order valence-corrected chi connectivity index (χ1v) is 6.86. The van der Waals surface area contributed by atoms with Crippen LogP contribution in [0.1, 0.15) is 31.5 Å². The minimum Gasteiger partial charge on any atom is -0.307 e. The molecule has 0 amide bonds. The quantitative estimate of drug-likeness (QED) is 0.885. The fourth-order valence-corrected chi connectivity index (χ4v) is 2.98. The lowest BCUT2D eigenvalue weighted by molar-refractivity contribution is 0.511. The molecule has 2 aromatic heterocycles. The average Bonchev–Trinajstić information content (AvgIpc) is 2.95. The highest BCUT2D eigenvalue weighted by molar-refractivity contribution is 9.10. The normalized spacial score (nSPS) is 17.0. The third-order valence-electron chi connectivity index (χ3n) is 3.35. The highest BCUT2D eigenvalue weighted by Crippen LogP contribution is 2.19. The second kappa shape index (κ2) is 4.74. The second-order valence-corrected chi connectivity index (χ2v) is 5.33. The molecule has 2 aromatic rings. The van der Waals surface area contributed by atoms with Gasteiger partial charge in [0, 0.05) is 6.04 Å². The number of nitrogens with zero attached hydrogens (tertiary/aromatic N) is 3. The fourth-order valence-electron chi connectivity index (χ4n) is 2.44. The molecule has 1 fully saturated rings. The third-order valence-corrected chi connectivity index (χ3v) is 3.97. The zero-order chi connectivity index (χ0) is 11.7. The van der Waals surface area contributed by atoms with Crippen LogP contribution >= 0.6 is 15.9 Å². The van der Waals surface area contributed by atoms with Crippen LogP contribution < -0.4 is 5.32 Å². The van der Waals surface area contributed by atoms with Gasteiger partial charge in [-0.05, 0) is 40.9 Å². The number of hydrogen-bond donors (Lipinski definition) is 1. The first kappa shape index (κ1) is 11.2. The van der Waals surface area contributed by atoms with Gasteiger partial charge < -0.3 is 5.32 Å². The smallest absolute Gasteiger partial charge is 0.161 e. The second-order valence-electron chi connectivity index (χ2n) is 4.52. The maximum Gasteiger partial charge on any atom is 0.161 e. The third kappa shape index (κ3) is 2.21. The van der Waals surface area contributed by atoms with Crippen molar-refractivity contribution in [3.8, 4) is 0 Å². The molecular formula is C12H15BrN4. The number of pyridine rings is 1. The molecule has 2 heterocycles. The number of hydrogen-bond acceptors (Lipinski definition) is 3. The lowest BCUT2D eigenvalue weighted by Crippen LogP contribution is -2.26. The Morgan fingerprint density at radius 1 is 1.29 bits per heavy atom. The monoisotopic (exact) mass is 294 g/mol. The molecule has 1 saturated carbocycles. The standard InChI is InChI=1S/C12H15BrN4/c13-10-6-3-7-11-15-16-12(17(10)11)8-14-9-4-1-2-5-9/h3,6-7,9,14H,1-2,4-5,8H2. The van der Waals surface area contributed by atoms with Gasteiger partial charge in [-0.1, -0.05) is 18.9 Å². The van der Waals surface area contributed by atoms with E-state index < -0.39 is 0 Å². The molecule has 3 rings (SSSR count). The molecule has 0 aliphatic heterocycles. The van der Waals surface area contributed by atoms with Crippen molar-refractivity contribution in [3.05, 3.63) is 28.6 Å². The Bertz CT molecular complexity index is 516. The molecule has 1 N–H and O–H groups in total. The van der Waals surface area contributed by atoms with E-state index in [1.54, 1.807) is 0 Å². The van der Waals surface area contributed by atoms with Gasteiger partial charge in [0.05, 0.1) is 11.1 Å². The Morgan fingerprint density at radius 2 is 2.12 bits per heavy atom. The highest BCUT2D eigenvalue weighted by Gasteiger charge is 2.15. The van der Waals surface area contributed by atoms with Gasteiger partial charge in [0.25, 0.3) is 0 Å². The lowest BCUT2D eigenvalue weighted by atomic mass is 10.2. The maximum absolute atomic E-state index is 4.24. The van der Waals surface area contributed by atoms with E-state index in [0.717, 1.165) is 22.6 Å². The van der Waals surface area contributed by atoms with E-state index in [1.807, 2.05) is 22.6 Å². The molecule has 0 saturated heterocycles.